The van der Waals surface area contributed by atoms with E-state index in [4.69, 9.17) is 4.74 Å². The summed E-state index contributed by atoms with van der Waals surface area (Å²) in [6.07, 6.45) is -1.73. The van der Waals surface area contributed by atoms with Gasteiger partial charge < -0.3 is 14.4 Å². The molecule has 0 saturated carbocycles. The molecule has 192 valence electrons. The molecule has 0 atom stereocenters. The summed E-state index contributed by atoms with van der Waals surface area (Å²) in [4.78, 5) is 36.2. The summed E-state index contributed by atoms with van der Waals surface area (Å²) in [5.41, 5.74) is 0.374. The van der Waals surface area contributed by atoms with E-state index in [1.807, 2.05) is 4.90 Å². The Morgan fingerprint density at radius 1 is 1.08 bits per heavy atom. The topological polar surface area (TPSA) is 115 Å². The van der Waals surface area contributed by atoms with Crippen LogP contribution in [0.2, 0.25) is 0 Å². The number of morpholine rings is 1. The summed E-state index contributed by atoms with van der Waals surface area (Å²) in [6, 6.07) is 2.11. The zero-order valence-electron chi connectivity index (χ0n) is 19.0. The highest BCUT2D eigenvalue weighted by Crippen LogP contribution is 2.36. The molecule has 37 heavy (non-hydrogen) atoms. The van der Waals surface area contributed by atoms with Gasteiger partial charge in [0.25, 0.3) is 5.91 Å². The SMILES string of the molecule is Cc1cc(-c2cc(F)ncc2OC(F)(F)F)c(C(=O)Nc2nc3cnc(N4CCOCC4)nc3s2)cn1. The highest BCUT2D eigenvalue weighted by atomic mass is 32.1. The lowest BCUT2D eigenvalue weighted by Crippen LogP contribution is -2.37. The molecule has 0 bridgehead atoms. The number of halogens is 4. The molecule has 1 saturated heterocycles. The monoisotopic (exact) mass is 535 g/mol. The van der Waals surface area contributed by atoms with E-state index in [1.165, 1.54) is 12.3 Å². The highest BCUT2D eigenvalue weighted by Gasteiger charge is 2.33. The number of carbonyl (C=O) groups is 1. The molecule has 15 heteroatoms. The second-order valence-electron chi connectivity index (χ2n) is 7.86. The van der Waals surface area contributed by atoms with Crippen LogP contribution in [0.25, 0.3) is 21.5 Å². The Labute approximate surface area is 210 Å². The first kappa shape index (κ1) is 24.7. The Morgan fingerprint density at radius 3 is 2.62 bits per heavy atom. The van der Waals surface area contributed by atoms with E-state index in [-0.39, 0.29) is 21.8 Å². The molecule has 1 aliphatic rings. The molecular formula is C22H17F4N7O3S. The van der Waals surface area contributed by atoms with Gasteiger partial charge >= 0.3 is 6.36 Å². The number of aromatic nitrogens is 5. The summed E-state index contributed by atoms with van der Waals surface area (Å²) in [6.45, 7) is 4.00. The maximum Gasteiger partial charge on any atom is 0.573 e. The fourth-order valence-corrected chi connectivity index (χ4v) is 4.46. The highest BCUT2D eigenvalue weighted by molar-refractivity contribution is 7.22. The van der Waals surface area contributed by atoms with Gasteiger partial charge in [-0.3, -0.25) is 15.1 Å². The zero-order valence-corrected chi connectivity index (χ0v) is 19.9. The standard InChI is InChI=1S/C22H17F4N7O3S/c1-11-6-12(13-7-17(23)28-10-16(13)36-22(24,25)26)14(8-27-11)18(34)31-21-30-15-9-29-20(32-19(15)37-21)33-2-4-35-5-3-33/h6-10H,2-5H2,1H3,(H,30,31,34). The average Bonchev–Trinajstić information content (AvgIpc) is 3.26. The first-order valence-electron chi connectivity index (χ1n) is 10.8. The number of carbonyl (C=O) groups excluding carboxylic acids is 1. The van der Waals surface area contributed by atoms with Crippen molar-refractivity contribution in [2.24, 2.45) is 0 Å². The number of pyridine rings is 2. The molecule has 10 nitrogen and oxygen atoms in total. The first-order valence-corrected chi connectivity index (χ1v) is 11.6. The van der Waals surface area contributed by atoms with Gasteiger partial charge in [-0.15, -0.1) is 13.2 Å². The number of anilines is 2. The van der Waals surface area contributed by atoms with Gasteiger partial charge in [-0.05, 0) is 13.0 Å². The number of rotatable bonds is 5. The van der Waals surface area contributed by atoms with Crippen LogP contribution < -0.4 is 15.0 Å². The van der Waals surface area contributed by atoms with E-state index < -0.39 is 24.0 Å². The molecule has 1 N–H and O–H groups in total. The third-order valence-electron chi connectivity index (χ3n) is 5.29. The minimum Gasteiger partial charge on any atom is -0.403 e. The van der Waals surface area contributed by atoms with Crippen molar-refractivity contribution in [3.63, 3.8) is 0 Å². The van der Waals surface area contributed by atoms with E-state index in [2.05, 4.69) is 35.0 Å². The fraction of sp³-hybridized carbons (Fsp3) is 0.273. The summed E-state index contributed by atoms with van der Waals surface area (Å²) in [5.74, 6) is -2.03. The van der Waals surface area contributed by atoms with E-state index >= 15 is 0 Å². The van der Waals surface area contributed by atoms with Crippen molar-refractivity contribution >= 4 is 38.7 Å². The Balaban J connectivity index is 1.46. The van der Waals surface area contributed by atoms with Crippen LogP contribution in [-0.2, 0) is 4.74 Å². The zero-order chi connectivity index (χ0) is 26.2. The number of thiazole rings is 1. The van der Waals surface area contributed by atoms with Crippen LogP contribution in [0.15, 0.2) is 30.7 Å². The third kappa shape index (κ3) is 5.56. The molecule has 4 aromatic rings. The van der Waals surface area contributed by atoms with E-state index in [9.17, 15) is 22.4 Å². The summed E-state index contributed by atoms with van der Waals surface area (Å²) < 4.78 is 62.1. The van der Waals surface area contributed by atoms with Crippen molar-refractivity contribution in [2.75, 3.05) is 36.5 Å². The summed E-state index contributed by atoms with van der Waals surface area (Å²) >= 11 is 1.10. The largest absolute Gasteiger partial charge is 0.573 e. The van der Waals surface area contributed by atoms with Crippen LogP contribution in [0, 0.1) is 12.9 Å². The Kier molecular flexibility index (Phi) is 6.55. The molecule has 1 amide bonds. The molecule has 0 unspecified atom stereocenters. The third-order valence-corrected chi connectivity index (χ3v) is 6.17. The number of alkyl halides is 3. The smallest absolute Gasteiger partial charge is 0.403 e. The van der Waals surface area contributed by atoms with Crippen LogP contribution in [0.5, 0.6) is 5.75 Å². The van der Waals surface area contributed by atoms with Crippen molar-refractivity contribution in [3.8, 4) is 16.9 Å². The predicted molar refractivity (Wildman–Crippen MR) is 125 cm³/mol. The van der Waals surface area contributed by atoms with Gasteiger partial charge in [-0.2, -0.15) is 9.37 Å². The first-order chi connectivity index (χ1) is 17.7. The van der Waals surface area contributed by atoms with Crippen LogP contribution in [0.4, 0.5) is 28.6 Å². The molecule has 4 aromatic heterocycles. The fourth-order valence-electron chi connectivity index (χ4n) is 3.66. The maximum atomic E-state index is 13.9. The van der Waals surface area contributed by atoms with Gasteiger partial charge in [0.1, 0.15) is 5.52 Å². The lowest BCUT2D eigenvalue weighted by atomic mass is 10.0. The molecule has 1 aliphatic heterocycles. The predicted octanol–water partition coefficient (Wildman–Crippen LogP) is 3.98. The van der Waals surface area contributed by atoms with E-state index in [0.29, 0.717) is 54.5 Å². The van der Waals surface area contributed by atoms with Gasteiger partial charge in [0.2, 0.25) is 11.9 Å². The van der Waals surface area contributed by atoms with E-state index in [1.54, 1.807) is 13.1 Å². The van der Waals surface area contributed by atoms with Gasteiger partial charge in [0.05, 0.1) is 31.2 Å². The average molecular weight is 535 g/mol. The second kappa shape index (κ2) is 9.82. The van der Waals surface area contributed by atoms with Crippen LogP contribution in [0.1, 0.15) is 16.1 Å². The molecular weight excluding hydrogens is 518 g/mol. The van der Waals surface area contributed by atoms with Crippen LogP contribution in [-0.4, -0.2) is 63.5 Å². The number of hydrogen-bond acceptors (Lipinski definition) is 10. The molecule has 0 aromatic carbocycles. The van der Waals surface area contributed by atoms with Gasteiger partial charge in [0.15, 0.2) is 15.7 Å². The van der Waals surface area contributed by atoms with E-state index in [0.717, 1.165) is 17.4 Å². The summed E-state index contributed by atoms with van der Waals surface area (Å²) in [5, 5.41) is 2.80. The Hall–Kier alpha value is -3.98. The second-order valence-corrected chi connectivity index (χ2v) is 8.83. The normalized spacial score (nSPS) is 14.1. The molecule has 5 heterocycles. The number of hydrogen-bond donors (Lipinski definition) is 1. The van der Waals surface area contributed by atoms with Crippen molar-refractivity contribution in [2.45, 2.75) is 13.3 Å². The number of fused-ring (bicyclic) bond motifs is 1. The number of aryl methyl sites for hydroxylation is 1. The molecule has 0 aliphatic carbocycles. The lowest BCUT2D eigenvalue weighted by Gasteiger charge is -2.26. The van der Waals surface area contributed by atoms with Crippen molar-refractivity contribution < 1.29 is 31.8 Å². The number of amides is 1. The van der Waals surface area contributed by atoms with Crippen LogP contribution >= 0.6 is 11.3 Å². The quantitative estimate of drug-likeness (QED) is 0.299. The molecule has 5 rings (SSSR count). The summed E-state index contributed by atoms with van der Waals surface area (Å²) in [7, 11) is 0. The Bertz CT molecular complexity index is 1470. The van der Waals surface area contributed by atoms with Gasteiger partial charge in [-0.1, -0.05) is 11.3 Å². The lowest BCUT2D eigenvalue weighted by molar-refractivity contribution is -0.274. The van der Waals surface area contributed by atoms with Gasteiger partial charge in [-0.25, -0.2) is 15.0 Å². The van der Waals surface area contributed by atoms with Crippen LogP contribution in [0.3, 0.4) is 0 Å². The van der Waals surface area contributed by atoms with Crippen molar-refractivity contribution in [1.29, 1.82) is 0 Å². The van der Waals surface area contributed by atoms with Crippen molar-refractivity contribution in [3.05, 3.63) is 47.9 Å². The maximum absolute atomic E-state index is 13.9. The molecule has 0 radical (unpaired) electrons. The Morgan fingerprint density at radius 2 is 1.86 bits per heavy atom. The molecule has 0 spiro atoms. The minimum atomic E-state index is -5.05. The molecule has 1 fully saturated rings. The number of nitrogens with zero attached hydrogens (tertiary/aromatic N) is 6. The number of ether oxygens (including phenoxy) is 2. The van der Waals surface area contributed by atoms with Gasteiger partial charge in [0, 0.05) is 42.2 Å². The minimum absolute atomic E-state index is 0.0268. The van der Waals surface area contributed by atoms with Crippen molar-refractivity contribution in [1.82, 2.24) is 24.9 Å². The number of nitrogens with one attached hydrogen (secondary N) is 1.